The molecule has 0 aliphatic rings. The van der Waals surface area contributed by atoms with Crippen LogP contribution in [-0.4, -0.2) is 14.8 Å². The number of aromatic nitrogens is 3. The van der Waals surface area contributed by atoms with Crippen LogP contribution >= 0.6 is 11.3 Å². The van der Waals surface area contributed by atoms with Gasteiger partial charge in [-0.25, -0.2) is 9.67 Å². The minimum absolute atomic E-state index is 0.621. The number of fused-ring (bicyclic) bond motifs is 1. The number of nitrogens with zero attached hydrogens (tertiary/aromatic N) is 4. The summed E-state index contributed by atoms with van der Waals surface area (Å²) in [4.78, 5) is 4.65. The van der Waals surface area contributed by atoms with Gasteiger partial charge in [-0.15, -0.1) is 11.3 Å². The molecule has 0 bridgehead atoms. The molecule has 0 fully saturated rings. The summed E-state index contributed by atoms with van der Waals surface area (Å²) in [6, 6.07) is 18.0. The zero-order valence-corrected chi connectivity index (χ0v) is 13.9. The van der Waals surface area contributed by atoms with Crippen molar-refractivity contribution in [3.8, 4) is 22.5 Å². The quantitative estimate of drug-likeness (QED) is 0.552. The number of hydrogen-bond donors (Lipinski definition) is 0. The predicted octanol–water partition coefficient (Wildman–Crippen LogP) is 4.58. The summed E-state index contributed by atoms with van der Waals surface area (Å²) < 4.78 is 1.85. The Morgan fingerprint density at radius 3 is 2.71 bits per heavy atom. The molecule has 2 aromatic carbocycles. The maximum Gasteiger partial charge on any atom is 0.211 e. The normalized spacial score (nSPS) is 10.8. The molecule has 0 amide bonds. The monoisotopic (exact) mass is 330 g/mol. The van der Waals surface area contributed by atoms with Crippen LogP contribution in [0.2, 0.25) is 0 Å². The Hall–Kier alpha value is -2.97. The Morgan fingerprint density at radius 2 is 2.00 bits per heavy atom. The van der Waals surface area contributed by atoms with Crippen LogP contribution in [0.5, 0.6) is 0 Å². The van der Waals surface area contributed by atoms with E-state index < -0.39 is 0 Å². The largest absolute Gasteiger partial charge is 0.223 e. The van der Waals surface area contributed by atoms with Crippen LogP contribution in [0, 0.1) is 11.3 Å². The van der Waals surface area contributed by atoms with Crippen LogP contribution in [0.25, 0.3) is 27.3 Å². The van der Waals surface area contributed by atoms with Gasteiger partial charge in [0.2, 0.25) is 5.13 Å². The van der Waals surface area contributed by atoms with Gasteiger partial charge >= 0.3 is 0 Å². The van der Waals surface area contributed by atoms with E-state index in [1.165, 1.54) is 0 Å². The van der Waals surface area contributed by atoms with Gasteiger partial charge in [0, 0.05) is 16.3 Å². The van der Waals surface area contributed by atoms with Gasteiger partial charge in [0.25, 0.3) is 0 Å². The fourth-order valence-corrected chi connectivity index (χ4v) is 3.57. The van der Waals surface area contributed by atoms with Gasteiger partial charge in [0.1, 0.15) is 5.69 Å². The van der Waals surface area contributed by atoms with Crippen LogP contribution in [0.1, 0.15) is 18.2 Å². The molecule has 116 valence electrons. The highest BCUT2D eigenvalue weighted by atomic mass is 32.1. The number of hydrogen-bond acceptors (Lipinski definition) is 4. The van der Waals surface area contributed by atoms with Gasteiger partial charge in [-0.2, -0.15) is 10.4 Å². The van der Waals surface area contributed by atoms with Gasteiger partial charge < -0.3 is 0 Å². The van der Waals surface area contributed by atoms with Crippen molar-refractivity contribution in [2.75, 3.05) is 0 Å². The second-order valence-electron chi connectivity index (χ2n) is 5.45. The van der Waals surface area contributed by atoms with Gasteiger partial charge in [0.15, 0.2) is 0 Å². The molecule has 2 aromatic heterocycles. The van der Waals surface area contributed by atoms with Gasteiger partial charge in [-0.1, -0.05) is 37.3 Å². The number of benzene rings is 2. The van der Waals surface area contributed by atoms with Gasteiger partial charge in [-0.3, -0.25) is 0 Å². The fraction of sp³-hybridized carbons (Fsp3) is 0.105. The molecule has 0 aliphatic carbocycles. The Labute approximate surface area is 143 Å². The predicted molar refractivity (Wildman–Crippen MR) is 96.3 cm³/mol. The molecule has 0 aliphatic heterocycles. The Kier molecular flexibility index (Phi) is 3.60. The van der Waals surface area contributed by atoms with E-state index >= 15 is 0 Å². The average molecular weight is 330 g/mol. The Balaban J connectivity index is 2.00. The van der Waals surface area contributed by atoms with Crippen LogP contribution < -0.4 is 0 Å². The zero-order valence-electron chi connectivity index (χ0n) is 13.1. The number of rotatable bonds is 3. The lowest BCUT2D eigenvalue weighted by atomic mass is 10.1. The molecule has 0 radical (unpaired) electrons. The molecule has 4 rings (SSSR count). The van der Waals surface area contributed by atoms with E-state index in [2.05, 4.69) is 23.4 Å². The topological polar surface area (TPSA) is 54.5 Å². The standard InChI is InChI=1S/C19H14N4S/c1-2-15-12-24-19(21-15)23-17-10-13(11-20)8-9-16(17)18(22-23)14-6-4-3-5-7-14/h3-10,12H,2H2,1H3. The Bertz CT molecular complexity index is 1050. The van der Waals surface area contributed by atoms with Crippen LogP contribution in [-0.2, 0) is 6.42 Å². The SMILES string of the molecule is CCc1csc(-n2nc(-c3ccccc3)c3ccc(C#N)cc32)n1. The molecular weight excluding hydrogens is 316 g/mol. The molecule has 2 heterocycles. The van der Waals surface area contributed by atoms with Crippen molar-refractivity contribution < 1.29 is 0 Å². The molecule has 0 saturated carbocycles. The van der Waals surface area contributed by atoms with Crippen LogP contribution in [0.3, 0.4) is 0 Å². The Morgan fingerprint density at radius 1 is 1.17 bits per heavy atom. The summed E-state index contributed by atoms with van der Waals surface area (Å²) in [5.74, 6) is 0. The van der Waals surface area contributed by atoms with E-state index in [0.29, 0.717) is 5.56 Å². The highest BCUT2D eigenvalue weighted by molar-refractivity contribution is 7.12. The molecule has 4 aromatic rings. The van der Waals surface area contributed by atoms with Crippen molar-refractivity contribution in [3.05, 3.63) is 65.2 Å². The maximum atomic E-state index is 9.23. The van der Waals surface area contributed by atoms with E-state index in [4.69, 9.17) is 5.10 Å². The molecule has 0 atom stereocenters. The fourth-order valence-electron chi connectivity index (χ4n) is 2.70. The smallest absolute Gasteiger partial charge is 0.211 e. The van der Waals surface area contributed by atoms with Crippen LogP contribution in [0.4, 0.5) is 0 Å². The lowest BCUT2D eigenvalue weighted by Crippen LogP contribution is -1.96. The van der Waals surface area contributed by atoms with Gasteiger partial charge in [-0.05, 0) is 24.6 Å². The van der Waals surface area contributed by atoms with Crippen molar-refractivity contribution in [2.45, 2.75) is 13.3 Å². The first-order chi connectivity index (χ1) is 11.8. The summed E-state index contributed by atoms with van der Waals surface area (Å²) in [6.45, 7) is 2.09. The van der Waals surface area contributed by atoms with Crippen molar-refractivity contribution in [1.29, 1.82) is 5.26 Å². The van der Waals surface area contributed by atoms with E-state index in [1.54, 1.807) is 11.3 Å². The second kappa shape index (κ2) is 5.91. The summed E-state index contributed by atoms with van der Waals surface area (Å²) in [7, 11) is 0. The minimum atomic E-state index is 0.621. The van der Waals surface area contributed by atoms with E-state index in [9.17, 15) is 5.26 Å². The second-order valence-corrected chi connectivity index (χ2v) is 6.28. The molecule has 4 nitrogen and oxygen atoms in total. The van der Waals surface area contributed by atoms with E-state index in [-0.39, 0.29) is 0 Å². The summed E-state index contributed by atoms with van der Waals surface area (Å²) in [5, 5.41) is 17.9. The highest BCUT2D eigenvalue weighted by Gasteiger charge is 2.16. The molecular formula is C19H14N4S. The first kappa shape index (κ1) is 14.6. The minimum Gasteiger partial charge on any atom is -0.223 e. The third kappa shape index (κ3) is 2.38. The molecule has 24 heavy (non-hydrogen) atoms. The first-order valence-electron chi connectivity index (χ1n) is 7.73. The first-order valence-corrected chi connectivity index (χ1v) is 8.61. The third-order valence-electron chi connectivity index (χ3n) is 3.94. The highest BCUT2D eigenvalue weighted by Crippen LogP contribution is 2.31. The van der Waals surface area contributed by atoms with Crippen molar-refractivity contribution in [2.24, 2.45) is 0 Å². The van der Waals surface area contributed by atoms with Gasteiger partial charge in [0.05, 0.1) is 22.8 Å². The third-order valence-corrected chi connectivity index (χ3v) is 4.81. The molecule has 0 unspecified atom stereocenters. The van der Waals surface area contributed by atoms with Crippen molar-refractivity contribution in [3.63, 3.8) is 0 Å². The number of nitriles is 1. The summed E-state index contributed by atoms with van der Waals surface area (Å²) >= 11 is 1.57. The van der Waals surface area contributed by atoms with E-state index in [0.717, 1.165) is 39.4 Å². The van der Waals surface area contributed by atoms with Crippen LogP contribution in [0.15, 0.2) is 53.9 Å². The lowest BCUT2D eigenvalue weighted by molar-refractivity contribution is 0.889. The molecule has 0 spiro atoms. The lowest BCUT2D eigenvalue weighted by Gasteiger charge is -1.98. The zero-order chi connectivity index (χ0) is 16.5. The molecule has 0 N–H and O–H groups in total. The van der Waals surface area contributed by atoms with Crippen molar-refractivity contribution in [1.82, 2.24) is 14.8 Å². The van der Waals surface area contributed by atoms with E-state index in [1.807, 2.05) is 53.2 Å². The molecule has 5 heteroatoms. The number of aryl methyl sites for hydroxylation is 1. The van der Waals surface area contributed by atoms with Crippen molar-refractivity contribution >= 4 is 22.2 Å². The molecule has 0 saturated heterocycles. The average Bonchev–Trinajstić information content (AvgIpc) is 3.26. The summed E-state index contributed by atoms with van der Waals surface area (Å²) in [5.41, 5.74) is 4.54. The summed E-state index contributed by atoms with van der Waals surface area (Å²) in [6.07, 6.45) is 0.894. The maximum absolute atomic E-state index is 9.23. The number of thiazole rings is 1.